The van der Waals surface area contributed by atoms with Gasteiger partial charge in [0.15, 0.2) is 17.5 Å². The summed E-state index contributed by atoms with van der Waals surface area (Å²) in [5.41, 5.74) is 9.36. The molecular weight excluding hydrogens is 735 g/mol. The Morgan fingerprint density at radius 1 is 0.351 bits per heavy atom. The topological polar surface area (TPSA) is 51.8 Å². The summed E-state index contributed by atoms with van der Waals surface area (Å²) in [6.07, 6.45) is 0. The summed E-state index contributed by atoms with van der Waals surface area (Å²) in [5, 5.41) is 7.11. The molecule has 0 aliphatic carbocycles. The molecule has 0 N–H and O–H groups in total. The zero-order valence-electron chi connectivity index (χ0n) is 30.3. The van der Waals surface area contributed by atoms with Crippen LogP contribution in [0.3, 0.4) is 0 Å². The molecule has 0 aliphatic heterocycles. The molecule has 266 valence electrons. The van der Waals surface area contributed by atoms with Gasteiger partial charge in [0, 0.05) is 78.9 Å². The van der Waals surface area contributed by atoms with E-state index in [4.69, 9.17) is 19.4 Å². The van der Waals surface area contributed by atoms with Gasteiger partial charge in [-0.25, -0.2) is 15.0 Å². The fourth-order valence-electron chi connectivity index (χ4n) is 8.33. The molecule has 0 fully saturated rings. The van der Waals surface area contributed by atoms with Gasteiger partial charge in [0.1, 0.15) is 11.2 Å². The Bertz CT molecular complexity index is 3470. The zero-order valence-corrected chi connectivity index (χ0v) is 31.9. The lowest BCUT2D eigenvalue weighted by atomic mass is 9.94. The first-order valence-corrected chi connectivity index (χ1v) is 20.6. The van der Waals surface area contributed by atoms with E-state index in [1.54, 1.807) is 0 Å². The van der Waals surface area contributed by atoms with Crippen LogP contribution in [0.25, 0.3) is 119 Å². The number of aromatic nitrogens is 3. The number of furan rings is 1. The first-order chi connectivity index (χ1) is 28.2. The van der Waals surface area contributed by atoms with E-state index in [2.05, 4.69) is 133 Å². The maximum Gasteiger partial charge on any atom is 0.164 e. The Morgan fingerprint density at radius 2 is 0.912 bits per heavy atom. The van der Waals surface area contributed by atoms with Gasteiger partial charge in [-0.1, -0.05) is 146 Å². The van der Waals surface area contributed by atoms with Crippen molar-refractivity contribution in [2.24, 2.45) is 0 Å². The number of para-hydroxylation sites is 2. The monoisotopic (exact) mass is 763 g/mol. The highest BCUT2D eigenvalue weighted by molar-refractivity contribution is 7.27. The van der Waals surface area contributed by atoms with E-state index in [9.17, 15) is 0 Å². The fourth-order valence-corrected chi connectivity index (χ4v) is 10.8. The van der Waals surface area contributed by atoms with Crippen molar-refractivity contribution in [2.75, 3.05) is 0 Å². The molecule has 0 amide bonds. The Hall–Kier alpha value is -6.99. The van der Waals surface area contributed by atoms with Crippen LogP contribution in [0.5, 0.6) is 0 Å². The average Bonchev–Trinajstić information content (AvgIpc) is 3.98. The normalized spacial score (nSPS) is 11.9. The third-order valence-electron chi connectivity index (χ3n) is 10.9. The summed E-state index contributed by atoms with van der Waals surface area (Å²) in [5.74, 6) is 1.96. The second-order valence-corrected chi connectivity index (χ2v) is 16.4. The van der Waals surface area contributed by atoms with E-state index >= 15 is 0 Å². The van der Waals surface area contributed by atoms with Gasteiger partial charge in [-0.3, -0.25) is 0 Å². The van der Waals surface area contributed by atoms with Crippen LogP contribution in [-0.2, 0) is 0 Å². The van der Waals surface area contributed by atoms with Gasteiger partial charge in [0.25, 0.3) is 0 Å². The van der Waals surface area contributed by atoms with Crippen LogP contribution in [-0.4, -0.2) is 15.0 Å². The minimum absolute atomic E-state index is 0.653. The highest BCUT2D eigenvalue weighted by Crippen LogP contribution is 2.48. The molecule has 0 aliphatic rings. The summed E-state index contributed by atoms with van der Waals surface area (Å²) in [6.45, 7) is 0. The number of thiophene rings is 2. The standard InChI is InChI=1S/C51H29N3OS2/c1-3-14-30(15-4-1)49-52-50(31-16-5-2-6-17-31)54-51(53-49)39-24-13-27-44-45(39)38-23-11-20-33(47(38)57-44)32-28-40-35-19-8-10-26-43(35)56-48(40)41(29-32)37-22-12-21-36-34-18-7-9-25-42(34)55-46(36)37/h1-29H. The number of hydrogen-bond donors (Lipinski definition) is 0. The molecule has 8 aromatic carbocycles. The van der Waals surface area contributed by atoms with E-state index in [1.807, 2.05) is 65.1 Å². The molecule has 0 radical (unpaired) electrons. The highest BCUT2D eigenvalue weighted by Gasteiger charge is 2.21. The molecule has 0 bridgehead atoms. The summed E-state index contributed by atoms with van der Waals surface area (Å²) < 4.78 is 11.6. The molecule has 6 heteroatoms. The lowest BCUT2D eigenvalue weighted by molar-refractivity contribution is 0.670. The maximum atomic E-state index is 6.64. The second-order valence-electron chi connectivity index (χ2n) is 14.3. The molecular formula is C51H29N3OS2. The minimum Gasteiger partial charge on any atom is -0.455 e. The first-order valence-electron chi connectivity index (χ1n) is 18.9. The largest absolute Gasteiger partial charge is 0.455 e. The quantitative estimate of drug-likeness (QED) is 0.175. The van der Waals surface area contributed by atoms with E-state index in [0.717, 1.165) is 49.6 Å². The molecule has 57 heavy (non-hydrogen) atoms. The predicted molar refractivity (Wildman–Crippen MR) is 240 cm³/mol. The van der Waals surface area contributed by atoms with Crippen molar-refractivity contribution >= 4 is 85.0 Å². The van der Waals surface area contributed by atoms with Crippen molar-refractivity contribution in [2.45, 2.75) is 0 Å². The van der Waals surface area contributed by atoms with Gasteiger partial charge < -0.3 is 4.42 Å². The van der Waals surface area contributed by atoms with Crippen molar-refractivity contribution in [3.63, 3.8) is 0 Å². The molecule has 0 saturated heterocycles. The average molecular weight is 764 g/mol. The molecule has 0 spiro atoms. The number of rotatable bonds is 5. The summed E-state index contributed by atoms with van der Waals surface area (Å²) >= 11 is 3.67. The van der Waals surface area contributed by atoms with E-state index in [1.165, 1.54) is 51.6 Å². The van der Waals surface area contributed by atoms with Gasteiger partial charge in [0.2, 0.25) is 0 Å². The van der Waals surface area contributed by atoms with Crippen LogP contribution in [0.4, 0.5) is 0 Å². The van der Waals surface area contributed by atoms with E-state index in [0.29, 0.717) is 17.5 Å². The van der Waals surface area contributed by atoms with Gasteiger partial charge in [-0.05, 0) is 41.5 Å². The lowest BCUT2D eigenvalue weighted by Crippen LogP contribution is -2.00. The van der Waals surface area contributed by atoms with Crippen LogP contribution in [0.15, 0.2) is 180 Å². The second kappa shape index (κ2) is 12.8. The number of hydrogen-bond acceptors (Lipinski definition) is 6. The van der Waals surface area contributed by atoms with Crippen LogP contribution in [0.2, 0.25) is 0 Å². The molecule has 12 rings (SSSR count). The molecule has 0 unspecified atom stereocenters. The van der Waals surface area contributed by atoms with Gasteiger partial charge in [-0.15, -0.1) is 22.7 Å². The van der Waals surface area contributed by atoms with E-state index < -0.39 is 0 Å². The van der Waals surface area contributed by atoms with Crippen molar-refractivity contribution in [3.05, 3.63) is 176 Å². The van der Waals surface area contributed by atoms with Gasteiger partial charge >= 0.3 is 0 Å². The Balaban J connectivity index is 1.10. The smallest absolute Gasteiger partial charge is 0.164 e. The van der Waals surface area contributed by atoms with Gasteiger partial charge in [-0.2, -0.15) is 0 Å². The maximum absolute atomic E-state index is 6.64. The SMILES string of the molecule is c1ccc(-c2nc(-c3ccccc3)nc(-c3cccc4sc5c(-c6cc(-c7cccc8c7oc7ccccc78)c7sc8ccccc8c7c6)cccc5c34)n2)cc1. The lowest BCUT2D eigenvalue weighted by Gasteiger charge is -2.11. The fraction of sp³-hybridized carbons (Fsp3) is 0. The Kier molecular flexibility index (Phi) is 7.24. The van der Waals surface area contributed by atoms with Crippen LogP contribution >= 0.6 is 22.7 Å². The Labute approximate surface area is 335 Å². The van der Waals surface area contributed by atoms with Crippen molar-refractivity contribution in [1.29, 1.82) is 0 Å². The zero-order chi connectivity index (χ0) is 37.5. The first kappa shape index (κ1) is 32.3. The molecule has 12 aromatic rings. The van der Waals surface area contributed by atoms with Crippen molar-refractivity contribution in [1.82, 2.24) is 15.0 Å². The van der Waals surface area contributed by atoms with Crippen LogP contribution in [0.1, 0.15) is 0 Å². The number of benzene rings is 8. The third-order valence-corrected chi connectivity index (χ3v) is 13.4. The van der Waals surface area contributed by atoms with Crippen LogP contribution in [0, 0.1) is 0 Å². The summed E-state index contributed by atoms with van der Waals surface area (Å²) in [7, 11) is 0. The highest BCUT2D eigenvalue weighted by atomic mass is 32.1. The van der Waals surface area contributed by atoms with E-state index in [-0.39, 0.29) is 0 Å². The molecule has 4 aromatic heterocycles. The molecule has 0 saturated carbocycles. The minimum atomic E-state index is 0.653. The molecule has 4 nitrogen and oxygen atoms in total. The summed E-state index contributed by atoms with van der Waals surface area (Å²) in [4.78, 5) is 15.2. The summed E-state index contributed by atoms with van der Waals surface area (Å²) in [6, 6.07) is 61.9. The molecule has 4 heterocycles. The predicted octanol–water partition coefficient (Wildman–Crippen LogP) is 14.8. The number of fused-ring (bicyclic) bond motifs is 9. The third kappa shape index (κ3) is 5.15. The van der Waals surface area contributed by atoms with Crippen LogP contribution < -0.4 is 0 Å². The van der Waals surface area contributed by atoms with Gasteiger partial charge in [0.05, 0.1) is 0 Å². The Morgan fingerprint density at radius 3 is 1.70 bits per heavy atom. The van der Waals surface area contributed by atoms with Crippen molar-refractivity contribution < 1.29 is 4.42 Å². The molecule has 0 atom stereocenters. The number of nitrogens with zero attached hydrogens (tertiary/aromatic N) is 3. The van der Waals surface area contributed by atoms with Crippen molar-refractivity contribution in [3.8, 4) is 56.4 Å².